The summed E-state index contributed by atoms with van der Waals surface area (Å²) in [6.45, 7) is 1.22. The first-order chi connectivity index (χ1) is 10.3. The van der Waals surface area contributed by atoms with Crippen LogP contribution in [0.15, 0.2) is 24.4 Å². The number of aromatic nitrogens is 2. The van der Waals surface area contributed by atoms with E-state index in [0.717, 1.165) is 19.3 Å². The van der Waals surface area contributed by atoms with Crippen LogP contribution in [0.5, 0.6) is 0 Å². The number of carbonyl (C=O) groups is 1. The SMILES string of the molecule is O=C(c1c(Cl)nc2ccccn12)N1CCO[C@H]2CCC[C@@H]21. The second-order valence-electron chi connectivity index (χ2n) is 5.59. The van der Waals surface area contributed by atoms with Gasteiger partial charge in [0.05, 0.1) is 18.8 Å². The molecule has 0 radical (unpaired) electrons. The topological polar surface area (TPSA) is 46.8 Å². The summed E-state index contributed by atoms with van der Waals surface area (Å²) < 4.78 is 7.54. The first-order valence-corrected chi connectivity index (χ1v) is 7.68. The molecular weight excluding hydrogens is 290 g/mol. The van der Waals surface area contributed by atoms with E-state index < -0.39 is 0 Å². The quantitative estimate of drug-likeness (QED) is 0.812. The second-order valence-corrected chi connectivity index (χ2v) is 5.94. The van der Waals surface area contributed by atoms with Gasteiger partial charge in [-0.2, -0.15) is 0 Å². The highest BCUT2D eigenvalue weighted by atomic mass is 35.5. The molecule has 2 atom stereocenters. The number of ether oxygens (including phenoxy) is 1. The molecule has 1 aliphatic heterocycles. The van der Waals surface area contributed by atoms with Gasteiger partial charge in [-0.25, -0.2) is 4.98 Å². The highest BCUT2D eigenvalue weighted by molar-refractivity contribution is 6.32. The minimum atomic E-state index is -0.0427. The molecule has 0 spiro atoms. The van der Waals surface area contributed by atoms with Crippen molar-refractivity contribution in [1.82, 2.24) is 14.3 Å². The van der Waals surface area contributed by atoms with Crippen LogP contribution in [-0.4, -0.2) is 45.5 Å². The molecule has 0 bridgehead atoms. The summed E-state index contributed by atoms with van der Waals surface area (Å²) in [6.07, 6.45) is 5.16. The summed E-state index contributed by atoms with van der Waals surface area (Å²) >= 11 is 6.21. The lowest BCUT2D eigenvalue weighted by Gasteiger charge is -2.37. The van der Waals surface area contributed by atoms with Crippen LogP contribution in [0.1, 0.15) is 29.8 Å². The van der Waals surface area contributed by atoms with Crippen LogP contribution in [-0.2, 0) is 4.74 Å². The molecule has 4 rings (SSSR count). The average Bonchev–Trinajstić information content (AvgIpc) is 3.09. The van der Waals surface area contributed by atoms with E-state index in [1.807, 2.05) is 29.3 Å². The number of carbonyl (C=O) groups excluding carboxylic acids is 1. The summed E-state index contributed by atoms with van der Waals surface area (Å²) in [7, 11) is 0. The van der Waals surface area contributed by atoms with E-state index in [0.29, 0.717) is 24.5 Å². The number of amides is 1. The molecule has 6 heteroatoms. The highest BCUT2D eigenvalue weighted by Gasteiger charge is 2.39. The third-order valence-electron chi connectivity index (χ3n) is 4.43. The molecule has 110 valence electrons. The molecule has 21 heavy (non-hydrogen) atoms. The number of halogens is 1. The molecule has 0 unspecified atom stereocenters. The number of hydrogen-bond acceptors (Lipinski definition) is 3. The van der Waals surface area contributed by atoms with Crippen molar-refractivity contribution in [2.24, 2.45) is 0 Å². The fourth-order valence-corrected chi connectivity index (χ4v) is 3.73. The van der Waals surface area contributed by atoms with Crippen molar-refractivity contribution < 1.29 is 9.53 Å². The van der Waals surface area contributed by atoms with Gasteiger partial charge in [0.2, 0.25) is 0 Å². The Balaban J connectivity index is 1.74. The van der Waals surface area contributed by atoms with E-state index in [9.17, 15) is 4.79 Å². The van der Waals surface area contributed by atoms with Crippen molar-refractivity contribution in [3.05, 3.63) is 35.2 Å². The molecule has 2 aromatic rings. The van der Waals surface area contributed by atoms with Gasteiger partial charge in [-0.3, -0.25) is 9.20 Å². The summed E-state index contributed by atoms with van der Waals surface area (Å²) in [6, 6.07) is 5.78. The van der Waals surface area contributed by atoms with Crippen molar-refractivity contribution in [3.8, 4) is 0 Å². The van der Waals surface area contributed by atoms with Gasteiger partial charge in [-0.15, -0.1) is 0 Å². The van der Waals surface area contributed by atoms with Crippen molar-refractivity contribution in [2.75, 3.05) is 13.2 Å². The molecule has 1 saturated carbocycles. The van der Waals surface area contributed by atoms with Gasteiger partial charge in [0.15, 0.2) is 10.8 Å². The lowest BCUT2D eigenvalue weighted by molar-refractivity contribution is -0.0447. The Morgan fingerprint density at radius 3 is 3.19 bits per heavy atom. The lowest BCUT2D eigenvalue weighted by atomic mass is 10.1. The zero-order valence-electron chi connectivity index (χ0n) is 11.5. The molecule has 2 aromatic heterocycles. The Kier molecular flexibility index (Phi) is 3.12. The van der Waals surface area contributed by atoms with E-state index in [1.54, 1.807) is 4.40 Å². The van der Waals surface area contributed by atoms with Gasteiger partial charge in [-0.05, 0) is 31.4 Å². The lowest BCUT2D eigenvalue weighted by Crippen LogP contribution is -2.51. The maximum absolute atomic E-state index is 13.0. The number of hydrogen-bond donors (Lipinski definition) is 0. The minimum Gasteiger partial charge on any atom is -0.374 e. The third-order valence-corrected chi connectivity index (χ3v) is 4.70. The predicted octanol–water partition coefficient (Wildman–Crippen LogP) is 2.38. The number of pyridine rings is 1. The Labute approximate surface area is 127 Å². The average molecular weight is 306 g/mol. The Morgan fingerprint density at radius 1 is 1.38 bits per heavy atom. The Hall–Kier alpha value is -1.59. The molecule has 5 nitrogen and oxygen atoms in total. The van der Waals surface area contributed by atoms with Crippen LogP contribution in [0.3, 0.4) is 0 Å². The van der Waals surface area contributed by atoms with Crippen LogP contribution in [0, 0.1) is 0 Å². The summed E-state index contributed by atoms with van der Waals surface area (Å²) in [4.78, 5) is 19.1. The highest BCUT2D eigenvalue weighted by Crippen LogP contribution is 2.31. The first kappa shape index (κ1) is 13.1. The Bertz CT molecular complexity index is 699. The smallest absolute Gasteiger partial charge is 0.274 e. The van der Waals surface area contributed by atoms with Crippen molar-refractivity contribution in [2.45, 2.75) is 31.4 Å². The van der Waals surface area contributed by atoms with Gasteiger partial charge < -0.3 is 9.64 Å². The van der Waals surface area contributed by atoms with Gasteiger partial charge >= 0.3 is 0 Å². The van der Waals surface area contributed by atoms with Gasteiger partial charge in [-0.1, -0.05) is 17.7 Å². The van der Waals surface area contributed by atoms with Gasteiger partial charge in [0.1, 0.15) is 5.65 Å². The summed E-state index contributed by atoms with van der Waals surface area (Å²) in [5, 5.41) is 0.271. The van der Waals surface area contributed by atoms with Crippen LogP contribution >= 0.6 is 11.6 Å². The molecule has 2 aliphatic rings. The van der Waals surface area contributed by atoms with Crippen LogP contribution in [0.2, 0.25) is 5.15 Å². The van der Waals surface area contributed by atoms with E-state index in [1.165, 1.54) is 0 Å². The molecule has 1 saturated heterocycles. The van der Waals surface area contributed by atoms with E-state index in [4.69, 9.17) is 16.3 Å². The fourth-order valence-electron chi connectivity index (χ4n) is 3.47. The molecule has 1 aliphatic carbocycles. The maximum Gasteiger partial charge on any atom is 0.274 e. The number of imidazole rings is 1. The van der Waals surface area contributed by atoms with Gasteiger partial charge in [0, 0.05) is 12.7 Å². The molecule has 1 amide bonds. The monoisotopic (exact) mass is 305 g/mol. The van der Waals surface area contributed by atoms with E-state index >= 15 is 0 Å². The fraction of sp³-hybridized carbons (Fsp3) is 0.467. The zero-order valence-corrected chi connectivity index (χ0v) is 12.3. The van der Waals surface area contributed by atoms with Crippen LogP contribution in [0.25, 0.3) is 5.65 Å². The first-order valence-electron chi connectivity index (χ1n) is 7.31. The summed E-state index contributed by atoms with van der Waals surface area (Å²) in [5.74, 6) is -0.0427. The summed E-state index contributed by atoms with van der Waals surface area (Å²) in [5.41, 5.74) is 1.15. The number of fused-ring (bicyclic) bond motifs is 2. The number of morpholine rings is 1. The zero-order chi connectivity index (χ0) is 14.4. The second kappa shape index (κ2) is 5.00. The van der Waals surface area contributed by atoms with E-state index in [2.05, 4.69) is 4.98 Å². The molecular formula is C15H16ClN3O2. The standard InChI is InChI=1S/C15H16ClN3O2/c16-14-13(19-7-2-1-6-12(19)17-14)15(20)18-8-9-21-11-5-3-4-10(11)18/h1-2,6-7,10-11H,3-5,8-9H2/t10-,11-/m0/s1. The molecule has 0 N–H and O–H groups in total. The van der Waals surface area contributed by atoms with Crippen molar-refractivity contribution >= 4 is 23.2 Å². The maximum atomic E-state index is 13.0. The number of rotatable bonds is 1. The third kappa shape index (κ3) is 2.03. The molecule has 2 fully saturated rings. The largest absolute Gasteiger partial charge is 0.374 e. The van der Waals surface area contributed by atoms with Crippen molar-refractivity contribution in [1.29, 1.82) is 0 Å². The van der Waals surface area contributed by atoms with E-state index in [-0.39, 0.29) is 23.2 Å². The van der Waals surface area contributed by atoms with Crippen LogP contribution in [0.4, 0.5) is 0 Å². The normalized spacial score (nSPS) is 25.3. The van der Waals surface area contributed by atoms with Crippen LogP contribution < -0.4 is 0 Å². The Morgan fingerprint density at radius 2 is 2.29 bits per heavy atom. The predicted molar refractivity (Wildman–Crippen MR) is 78.6 cm³/mol. The minimum absolute atomic E-state index is 0.0427. The molecule has 0 aromatic carbocycles. The van der Waals surface area contributed by atoms with Crippen molar-refractivity contribution in [3.63, 3.8) is 0 Å². The van der Waals surface area contributed by atoms with Gasteiger partial charge in [0.25, 0.3) is 5.91 Å². The number of nitrogens with zero attached hydrogens (tertiary/aromatic N) is 3. The molecule has 3 heterocycles.